The smallest absolute Gasteiger partial charge is 0.322 e. The highest BCUT2D eigenvalue weighted by molar-refractivity contribution is 7.91. The number of carboxylic acid groups (broad SMARTS) is 1. The van der Waals surface area contributed by atoms with Crippen molar-refractivity contribution in [2.24, 2.45) is 0 Å². The minimum absolute atomic E-state index is 0.0454. The molecule has 1 aromatic heterocycles. The largest absolute Gasteiger partial charge is 0.480 e. The first-order valence-electron chi connectivity index (χ1n) is 12.3. The van der Waals surface area contributed by atoms with Gasteiger partial charge in [-0.3, -0.25) is 10.1 Å². The maximum Gasteiger partial charge on any atom is 0.322 e. The highest BCUT2D eigenvalue weighted by Crippen LogP contribution is 2.30. The molecular formula is C28H34FN3O4S. The van der Waals surface area contributed by atoms with Gasteiger partial charge >= 0.3 is 5.97 Å². The zero-order chi connectivity index (χ0) is 27.1. The Hall–Kier alpha value is -3.30. The zero-order valence-corrected chi connectivity index (χ0v) is 22.2. The lowest BCUT2D eigenvalue weighted by Crippen LogP contribution is -2.30. The second-order valence-electron chi connectivity index (χ2n) is 9.64. The number of benzene rings is 2. The predicted octanol–water partition coefficient (Wildman–Crippen LogP) is 5.45. The van der Waals surface area contributed by atoms with Crippen molar-refractivity contribution in [2.75, 3.05) is 11.9 Å². The fourth-order valence-corrected chi connectivity index (χ4v) is 5.58. The third-order valence-corrected chi connectivity index (χ3v) is 8.25. The standard InChI is InChI=1S/C28H34FN3O4S/c1-4-5-17-28(2,3)21-11-9-20(10-12-21)18-31-27(37(35,36)23-15-13-22(29)14-16-23)24-7-6-8-25(32-24)30-19-26(33)34/h6-16,27,31H,4-5,17-19H2,1-3H3,(H,30,32)(H,33,34). The summed E-state index contributed by atoms with van der Waals surface area (Å²) in [5, 5.41) is 13.5. The first-order valence-corrected chi connectivity index (χ1v) is 13.8. The van der Waals surface area contributed by atoms with Gasteiger partial charge in [0.1, 0.15) is 18.2 Å². The van der Waals surface area contributed by atoms with Gasteiger partial charge in [0.2, 0.25) is 0 Å². The Balaban J connectivity index is 1.88. The van der Waals surface area contributed by atoms with Gasteiger partial charge < -0.3 is 10.4 Å². The first-order chi connectivity index (χ1) is 17.5. The molecule has 7 nitrogen and oxygen atoms in total. The number of aliphatic carboxylic acids is 1. The molecule has 0 saturated heterocycles. The van der Waals surface area contributed by atoms with Crippen LogP contribution in [0.3, 0.4) is 0 Å². The van der Waals surface area contributed by atoms with Gasteiger partial charge in [0.05, 0.1) is 10.6 Å². The van der Waals surface area contributed by atoms with E-state index in [0.29, 0.717) is 0 Å². The quantitative estimate of drug-likeness (QED) is 0.254. The summed E-state index contributed by atoms with van der Waals surface area (Å²) in [5.74, 6) is -1.37. The SMILES string of the molecule is CCCCC(C)(C)c1ccc(CNC(c2cccc(NCC(=O)O)n2)S(=O)(=O)c2ccc(F)cc2)cc1. The molecule has 3 N–H and O–H groups in total. The summed E-state index contributed by atoms with van der Waals surface area (Å²) >= 11 is 0. The molecule has 0 amide bonds. The van der Waals surface area contributed by atoms with E-state index in [1.165, 1.54) is 17.7 Å². The van der Waals surface area contributed by atoms with Gasteiger partial charge in [-0.1, -0.05) is 63.9 Å². The molecule has 198 valence electrons. The fourth-order valence-electron chi connectivity index (χ4n) is 4.04. The summed E-state index contributed by atoms with van der Waals surface area (Å²) in [4.78, 5) is 15.2. The van der Waals surface area contributed by atoms with Crippen LogP contribution in [0.15, 0.2) is 71.6 Å². The monoisotopic (exact) mass is 527 g/mol. The number of carboxylic acids is 1. The van der Waals surface area contributed by atoms with Crippen LogP contribution in [0.25, 0.3) is 0 Å². The van der Waals surface area contributed by atoms with Crippen molar-refractivity contribution < 1.29 is 22.7 Å². The van der Waals surface area contributed by atoms with Gasteiger partial charge in [0, 0.05) is 6.54 Å². The molecule has 0 saturated carbocycles. The average molecular weight is 528 g/mol. The normalized spacial score (nSPS) is 12.8. The Bertz CT molecular complexity index is 1290. The lowest BCUT2D eigenvalue weighted by atomic mass is 9.80. The molecular weight excluding hydrogens is 493 g/mol. The molecule has 9 heteroatoms. The minimum Gasteiger partial charge on any atom is -0.480 e. The molecule has 0 aliphatic rings. The van der Waals surface area contributed by atoms with E-state index >= 15 is 0 Å². The van der Waals surface area contributed by atoms with Crippen molar-refractivity contribution in [3.05, 3.63) is 89.4 Å². The first kappa shape index (κ1) is 28.3. The highest BCUT2D eigenvalue weighted by atomic mass is 32.2. The van der Waals surface area contributed by atoms with Gasteiger partial charge in [0.15, 0.2) is 15.2 Å². The Morgan fingerprint density at radius 3 is 2.35 bits per heavy atom. The van der Waals surface area contributed by atoms with E-state index in [2.05, 4.69) is 48.5 Å². The van der Waals surface area contributed by atoms with Gasteiger partial charge in [0.25, 0.3) is 0 Å². The summed E-state index contributed by atoms with van der Waals surface area (Å²) in [5.41, 5.74) is 2.36. The molecule has 1 atom stereocenters. The number of nitrogens with zero attached hydrogens (tertiary/aromatic N) is 1. The number of carbonyl (C=O) groups is 1. The van der Waals surface area contributed by atoms with Crippen LogP contribution in [0.1, 0.15) is 62.2 Å². The average Bonchev–Trinajstić information content (AvgIpc) is 2.87. The van der Waals surface area contributed by atoms with Crippen molar-refractivity contribution in [1.29, 1.82) is 0 Å². The Morgan fingerprint density at radius 1 is 1.05 bits per heavy atom. The summed E-state index contributed by atoms with van der Waals surface area (Å²) < 4.78 is 40.7. The molecule has 1 unspecified atom stereocenters. The van der Waals surface area contributed by atoms with Gasteiger partial charge in [-0.15, -0.1) is 0 Å². The van der Waals surface area contributed by atoms with E-state index < -0.39 is 27.0 Å². The van der Waals surface area contributed by atoms with E-state index in [0.717, 1.165) is 37.0 Å². The van der Waals surface area contributed by atoms with E-state index in [-0.39, 0.29) is 34.9 Å². The number of aromatic nitrogens is 1. The van der Waals surface area contributed by atoms with E-state index in [1.807, 2.05) is 12.1 Å². The number of anilines is 1. The number of nitrogens with one attached hydrogen (secondary N) is 2. The van der Waals surface area contributed by atoms with Crippen molar-refractivity contribution in [3.63, 3.8) is 0 Å². The molecule has 3 rings (SSSR count). The lowest BCUT2D eigenvalue weighted by Gasteiger charge is -2.25. The van der Waals surface area contributed by atoms with Crippen molar-refractivity contribution in [3.8, 4) is 0 Å². The Kier molecular flexibility index (Phi) is 9.39. The van der Waals surface area contributed by atoms with E-state index in [1.54, 1.807) is 18.2 Å². The van der Waals surface area contributed by atoms with Crippen LogP contribution in [0.2, 0.25) is 0 Å². The predicted molar refractivity (Wildman–Crippen MR) is 143 cm³/mol. The summed E-state index contributed by atoms with van der Waals surface area (Å²) in [7, 11) is -4.02. The number of halogens is 1. The van der Waals surface area contributed by atoms with Gasteiger partial charge in [-0.05, 0) is 59.4 Å². The Morgan fingerprint density at radius 2 is 1.73 bits per heavy atom. The summed E-state index contributed by atoms with van der Waals surface area (Å²) in [6, 6.07) is 17.5. The highest BCUT2D eigenvalue weighted by Gasteiger charge is 2.30. The van der Waals surface area contributed by atoms with Crippen molar-refractivity contribution in [1.82, 2.24) is 10.3 Å². The van der Waals surface area contributed by atoms with Gasteiger partial charge in [-0.2, -0.15) is 0 Å². The molecule has 0 fully saturated rings. The summed E-state index contributed by atoms with van der Waals surface area (Å²) in [6.45, 7) is 6.50. The Labute approximate surface area is 218 Å². The van der Waals surface area contributed by atoms with Crippen LogP contribution in [-0.2, 0) is 26.6 Å². The van der Waals surface area contributed by atoms with E-state index in [9.17, 15) is 17.6 Å². The van der Waals surface area contributed by atoms with Gasteiger partial charge in [-0.25, -0.2) is 17.8 Å². The molecule has 3 aromatic rings. The molecule has 0 aliphatic carbocycles. The van der Waals surface area contributed by atoms with Crippen LogP contribution >= 0.6 is 0 Å². The number of sulfone groups is 1. The number of pyridine rings is 1. The fraction of sp³-hybridized carbons (Fsp3) is 0.357. The third-order valence-electron chi connectivity index (χ3n) is 6.29. The zero-order valence-electron chi connectivity index (χ0n) is 21.4. The maximum absolute atomic E-state index is 13.6. The van der Waals surface area contributed by atoms with Crippen LogP contribution < -0.4 is 10.6 Å². The molecule has 0 bridgehead atoms. The second kappa shape index (κ2) is 12.3. The molecule has 2 aromatic carbocycles. The lowest BCUT2D eigenvalue weighted by molar-refractivity contribution is -0.134. The molecule has 0 radical (unpaired) electrons. The minimum atomic E-state index is -4.02. The summed E-state index contributed by atoms with van der Waals surface area (Å²) in [6.07, 6.45) is 3.36. The van der Waals surface area contributed by atoms with Crippen LogP contribution in [0, 0.1) is 5.82 Å². The van der Waals surface area contributed by atoms with Crippen LogP contribution in [0.5, 0.6) is 0 Å². The third kappa shape index (κ3) is 7.60. The molecule has 0 aliphatic heterocycles. The topological polar surface area (TPSA) is 108 Å². The molecule has 1 heterocycles. The second-order valence-corrected chi connectivity index (χ2v) is 11.7. The number of rotatable bonds is 13. The van der Waals surface area contributed by atoms with E-state index in [4.69, 9.17) is 5.11 Å². The molecule has 0 spiro atoms. The van der Waals surface area contributed by atoms with Crippen molar-refractivity contribution in [2.45, 2.75) is 62.3 Å². The van der Waals surface area contributed by atoms with Crippen LogP contribution in [0.4, 0.5) is 10.2 Å². The number of hydrogen-bond donors (Lipinski definition) is 3. The number of hydrogen-bond acceptors (Lipinski definition) is 6. The van der Waals surface area contributed by atoms with Crippen LogP contribution in [-0.4, -0.2) is 31.0 Å². The maximum atomic E-state index is 13.6. The number of unbranched alkanes of at least 4 members (excludes halogenated alkanes) is 1. The molecule has 37 heavy (non-hydrogen) atoms. The van der Waals surface area contributed by atoms with Crippen molar-refractivity contribution >= 4 is 21.6 Å².